The van der Waals surface area contributed by atoms with Crippen LogP contribution in [0.1, 0.15) is 19.8 Å². The Hall–Kier alpha value is -0.0800. The highest BCUT2D eigenvalue weighted by Crippen LogP contribution is 2.22. The summed E-state index contributed by atoms with van der Waals surface area (Å²) in [5, 5.41) is 0. The monoisotopic (exact) mass is 142 g/mol. The van der Waals surface area contributed by atoms with E-state index in [1.54, 1.807) is 0 Å². The quantitative estimate of drug-likeness (QED) is 0.614. The summed E-state index contributed by atoms with van der Waals surface area (Å²) in [5.74, 6) is 0.901. The Balaban J connectivity index is 2.36. The zero-order chi connectivity index (χ0) is 7.56. The van der Waals surface area contributed by atoms with Crippen LogP contribution in [0.25, 0.3) is 0 Å². The maximum atomic E-state index is 5.60. The Morgan fingerprint density at radius 2 is 2.30 bits per heavy atom. The molecule has 2 N–H and O–H groups in total. The van der Waals surface area contributed by atoms with Crippen molar-refractivity contribution in [2.24, 2.45) is 11.7 Å². The van der Waals surface area contributed by atoms with Gasteiger partial charge in [0.15, 0.2) is 0 Å². The molecule has 0 aliphatic carbocycles. The van der Waals surface area contributed by atoms with Crippen molar-refractivity contribution in [2.75, 3.05) is 20.1 Å². The van der Waals surface area contributed by atoms with E-state index in [2.05, 4.69) is 18.9 Å². The maximum absolute atomic E-state index is 5.60. The molecule has 2 atom stereocenters. The van der Waals surface area contributed by atoms with Gasteiger partial charge in [-0.1, -0.05) is 13.3 Å². The van der Waals surface area contributed by atoms with E-state index in [4.69, 9.17) is 5.73 Å². The molecule has 0 spiro atoms. The van der Waals surface area contributed by atoms with Crippen LogP contribution < -0.4 is 5.73 Å². The van der Waals surface area contributed by atoms with Gasteiger partial charge in [-0.2, -0.15) is 0 Å². The molecule has 0 saturated carbocycles. The van der Waals surface area contributed by atoms with Gasteiger partial charge >= 0.3 is 0 Å². The Morgan fingerprint density at radius 3 is 2.60 bits per heavy atom. The lowest BCUT2D eigenvalue weighted by atomic mass is 10.0. The van der Waals surface area contributed by atoms with Crippen LogP contribution >= 0.6 is 0 Å². The Labute approximate surface area is 63.4 Å². The molecule has 1 aliphatic rings. The van der Waals surface area contributed by atoms with Crippen LogP contribution in [0.15, 0.2) is 0 Å². The summed E-state index contributed by atoms with van der Waals surface area (Å²) >= 11 is 0. The van der Waals surface area contributed by atoms with Gasteiger partial charge in [0.05, 0.1) is 0 Å². The molecular formula is C8H18N2. The van der Waals surface area contributed by atoms with Gasteiger partial charge < -0.3 is 10.6 Å². The first-order chi connectivity index (χ1) is 4.77. The third kappa shape index (κ3) is 1.50. The number of likely N-dealkylation sites (N-methyl/N-ethyl adjacent to an activating group) is 1. The van der Waals surface area contributed by atoms with Gasteiger partial charge in [-0.3, -0.25) is 0 Å². The molecule has 1 aliphatic heterocycles. The summed E-state index contributed by atoms with van der Waals surface area (Å²) in [5.41, 5.74) is 5.60. The highest BCUT2D eigenvalue weighted by Gasteiger charge is 2.26. The van der Waals surface area contributed by atoms with Crippen LogP contribution in [0.5, 0.6) is 0 Å². The largest absolute Gasteiger partial charge is 0.329 e. The molecule has 60 valence electrons. The smallest absolute Gasteiger partial charge is 0.0218 e. The molecule has 2 heteroatoms. The number of likely N-dealkylation sites (tertiary alicyclic amines) is 1. The molecular weight excluding hydrogens is 124 g/mol. The van der Waals surface area contributed by atoms with Gasteiger partial charge in [-0.05, 0) is 19.4 Å². The fraction of sp³-hybridized carbons (Fsp3) is 1.00. The second-order valence-corrected chi connectivity index (χ2v) is 3.34. The van der Waals surface area contributed by atoms with E-state index in [0.717, 1.165) is 12.5 Å². The molecule has 0 amide bonds. The number of hydrogen-bond donors (Lipinski definition) is 1. The molecule has 1 rings (SSSR count). The lowest BCUT2D eigenvalue weighted by Gasteiger charge is -2.15. The van der Waals surface area contributed by atoms with Crippen molar-refractivity contribution >= 4 is 0 Å². The molecule has 0 aromatic heterocycles. The van der Waals surface area contributed by atoms with Gasteiger partial charge in [0.1, 0.15) is 0 Å². The van der Waals surface area contributed by atoms with Crippen molar-refractivity contribution in [1.29, 1.82) is 0 Å². The number of hydrogen-bond acceptors (Lipinski definition) is 2. The number of nitrogens with two attached hydrogens (primary N) is 1. The number of rotatable bonds is 2. The van der Waals surface area contributed by atoms with E-state index in [1.165, 1.54) is 19.4 Å². The normalized spacial score (nSPS) is 35.1. The predicted octanol–water partition coefficient (Wildman–Crippen LogP) is 0.675. The van der Waals surface area contributed by atoms with E-state index < -0.39 is 0 Å². The van der Waals surface area contributed by atoms with Crippen molar-refractivity contribution in [2.45, 2.75) is 25.8 Å². The standard InChI is InChI=1S/C8H18N2/c1-3-7-4-8(5-9)10(2)6-7/h7-8H,3-6,9H2,1-2H3. The maximum Gasteiger partial charge on any atom is 0.0218 e. The Kier molecular flexibility index (Phi) is 2.69. The summed E-state index contributed by atoms with van der Waals surface area (Å²) in [6.45, 7) is 4.34. The summed E-state index contributed by atoms with van der Waals surface area (Å²) in [6, 6.07) is 0.657. The van der Waals surface area contributed by atoms with Crippen LogP contribution in [-0.4, -0.2) is 31.1 Å². The molecule has 10 heavy (non-hydrogen) atoms. The average Bonchev–Trinajstić information content (AvgIpc) is 2.30. The average molecular weight is 142 g/mol. The van der Waals surface area contributed by atoms with Crippen molar-refractivity contribution in [3.05, 3.63) is 0 Å². The molecule has 2 nitrogen and oxygen atoms in total. The minimum atomic E-state index is 0.657. The van der Waals surface area contributed by atoms with E-state index >= 15 is 0 Å². The summed E-state index contributed by atoms with van der Waals surface area (Å²) < 4.78 is 0. The fourth-order valence-corrected chi connectivity index (χ4v) is 1.77. The third-order valence-corrected chi connectivity index (χ3v) is 2.62. The second kappa shape index (κ2) is 3.35. The van der Waals surface area contributed by atoms with E-state index in [-0.39, 0.29) is 0 Å². The fourth-order valence-electron chi connectivity index (χ4n) is 1.77. The topological polar surface area (TPSA) is 29.3 Å². The van der Waals surface area contributed by atoms with Crippen LogP contribution in [0.4, 0.5) is 0 Å². The van der Waals surface area contributed by atoms with Gasteiger partial charge in [0.25, 0.3) is 0 Å². The summed E-state index contributed by atoms with van der Waals surface area (Å²) in [6.07, 6.45) is 2.62. The summed E-state index contributed by atoms with van der Waals surface area (Å²) in [4.78, 5) is 2.38. The lowest BCUT2D eigenvalue weighted by Crippen LogP contribution is -2.31. The molecule has 1 fully saturated rings. The van der Waals surface area contributed by atoms with Crippen molar-refractivity contribution in [3.63, 3.8) is 0 Å². The minimum absolute atomic E-state index is 0.657. The van der Waals surface area contributed by atoms with Crippen molar-refractivity contribution < 1.29 is 0 Å². The SMILES string of the molecule is CCC1CC(CN)N(C)C1. The molecule has 0 bridgehead atoms. The highest BCUT2D eigenvalue weighted by atomic mass is 15.2. The first-order valence-electron chi connectivity index (χ1n) is 4.18. The summed E-state index contributed by atoms with van der Waals surface area (Å²) in [7, 11) is 2.17. The lowest BCUT2D eigenvalue weighted by molar-refractivity contribution is 0.312. The second-order valence-electron chi connectivity index (χ2n) is 3.34. The van der Waals surface area contributed by atoms with Crippen LogP contribution in [0.2, 0.25) is 0 Å². The van der Waals surface area contributed by atoms with Gasteiger partial charge in [-0.15, -0.1) is 0 Å². The molecule has 1 saturated heterocycles. The Morgan fingerprint density at radius 1 is 1.60 bits per heavy atom. The zero-order valence-corrected chi connectivity index (χ0v) is 7.01. The third-order valence-electron chi connectivity index (χ3n) is 2.62. The van der Waals surface area contributed by atoms with E-state index in [0.29, 0.717) is 6.04 Å². The van der Waals surface area contributed by atoms with Gasteiger partial charge in [0.2, 0.25) is 0 Å². The van der Waals surface area contributed by atoms with Crippen molar-refractivity contribution in [3.8, 4) is 0 Å². The van der Waals surface area contributed by atoms with E-state index in [1.807, 2.05) is 0 Å². The molecule has 0 aromatic carbocycles. The predicted molar refractivity (Wildman–Crippen MR) is 43.9 cm³/mol. The highest BCUT2D eigenvalue weighted by molar-refractivity contribution is 4.82. The zero-order valence-electron chi connectivity index (χ0n) is 7.01. The van der Waals surface area contributed by atoms with Crippen molar-refractivity contribution in [1.82, 2.24) is 4.90 Å². The molecule has 0 aromatic rings. The van der Waals surface area contributed by atoms with Crippen LogP contribution in [0, 0.1) is 5.92 Å². The first kappa shape index (κ1) is 8.02. The van der Waals surface area contributed by atoms with Crippen LogP contribution in [0.3, 0.4) is 0 Å². The van der Waals surface area contributed by atoms with E-state index in [9.17, 15) is 0 Å². The van der Waals surface area contributed by atoms with Gasteiger partial charge in [-0.25, -0.2) is 0 Å². The van der Waals surface area contributed by atoms with Gasteiger partial charge in [0, 0.05) is 19.1 Å². The number of nitrogens with zero attached hydrogens (tertiary/aromatic N) is 1. The molecule has 0 radical (unpaired) electrons. The molecule has 1 heterocycles. The Bertz CT molecular complexity index is 103. The molecule has 2 unspecified atom stereocenters. The van der Waals surface area contributed by atoms with Crippen LogP contribution in [-0.2, 0) is 0 Å². The first-order valence-corrected chi connectivity index (χ1v) is 4.18. The minimum Gasteiger partial charge on any atom is -0.329 e.